The molecule has 0 radical (unpaired) electrons. The van der Waals surface area contributed by atoms with Crippen LogP contribution in [0.2, 0.25) is 0 Å². The first kappa shape index (κ1) is 18.0. The number of nitrogen functional groups attached to an aromatic ring is 1. The Balaban J connectivity index is 2.04. The van der Waals surface area contributed by atoms with Gasteiger partial charge in [0.1, 0.15) is 5.75 Å². The van der Waals surface area contributed by atoms with Gasteiger partial charge in [0.05, 0.1) is 17.5 Å². The predicted molar refractivity (Wildman–Crippen MR) is 98.6 cm³/mol. The van der Waals surface area contributed by atoms with Crippen molar-refractivity contribution < 1.29 is 15.0 Å². The van der Waals surface area contributed by atoms with Crippen LogP contribution >= 0.6 is 15.9 Å². The minimum absolute atomic E-state index is 0.00691. The van der Waals surface area contributed by atoms with Gasteiger partial charge in [0.2, 0.25) is 5.91 Å². The molecule has 0 aliphatic heterocycles. The molecular weight excluding hydrogens is 372 g/mol. The number of phenolic OH excluding ortho intramolecular Hbond substituents is 1. The van der Waals surface area contributed by atoms with Crippen molar-refractivity contribution in [2.24, 2.45) is 5.92 Å². The van der Waals surface area contributed by atoms with Crippen molar-refractivity contribution in [1.29, 1.82) is 0 Å². The van der Waals surface area contributed by atoms with E-state index >= 15 is 0 Å². The fourth-order valence-corrected chi connectivity index (χ4v) is 2.55. The number of hydrogen-bond donors (Lipinski definition) is 4. The maximum absolute atomic E-state index is 12.0. The molecule has 0 spiro atoms. The fourth-order valence-electron chi connectivity index (χ4n) is 2.18. The maximum Gasteiger partial charge on any atom is 0.248 e. The Labute approximate surface area is 148 Å². The first-order valence-corrected chi connectivity index (χ1v) is 8.18. The van der Waals surface area contributed by atoms with E-state index in [0.717, 1.165) is 4.47 Å². The van der Waals surface area contributed by atoms with Gasteiger partial charge in [-0.1, -0.05) is 41.1 Å². The molecule has 1 amide bonds. The lowest BCUT2D eigenvalue weighted by Gasteiger charge is -2.17. The van der Waals surface area contributed by atoms with Gasteiger partial charge in [-0.25, -0.2) is 0 Å². The number of aliphatic hydroxyl groups is 1. The minimum Gasteiger partial charge on any atom is -0.508 e. The van der Waals surface area contributed by atoms with Crippen molar-refractivity contribution in [3.8, 4) is 5.75 Å². The summed E-state index contributed by atoms with van der Waals surface area (Å²) in [5.74, 6) is -0.707. The average molecular weight is 391 g/mol. The van der Waals surface area contributed by atoms with E-state index in [9.17, 15) is 15.0 Å². The molecule has 0 heterocycles. The molecule has 2 aromatic carbocycles. The van der Waals surface area contributed by atoms with Gasteiger partial charge in [-0.3, -0.25) is 4.79 Å². The summed E-state index contributed by atoms with van der Waals surface area (Å²) in [5, 5.41) is 22.9. The molecule has 2 aromatic rings. The zero-order valence-corrected chi connectivity index (χ0v) is 14.7. The van der Waals surface area contributed by atoms with Gasteiger partial charge in [0, 0.05) is 16.0 Å². The van der Waals surface area contributed by atoms with Gasteiger partial charge in [0.25, 0.3) is 0 Å². The van der Waals surface area contributed by atoms with E-state index < -0.39 is 6.10 Å². The largest absolute Gasteiger partial charge is 0.508 e. The number of nitrogens with one attached hydrogen (secondary N) is 1. The number of halogens is 1. The number of hydrogen-bond acceptors (Lipinski definition) is 4. The number of carbonyl (C=O) groups is 1. The monoisotopic (exact) mass is 390 g/mol. The van der Waals surface area contributed by atoms with Crippen molar-refractivity contribution in [3.05, 3.63) is 64.7 Å². The van der Waals surface area contributed by atoms with Crippen molar-refractivity contribution in [3.63, 3.8) is 0 Å². The molecule has 0 saturated carbocycles. The number of rotatable bonds is 5. The molecule has 0 aliphatic carbocycles. The van der Waals surface area contributed by atoms with Gasteiger partial charge in [-0.15, -0.1) is 0 Å². The van der Waals surface area contributed by atoms with Crippen molar-refractivity contribution in [2.45, 2.75) is 13.0 Å². The van der Waals surface area contributed by atoms with Crippen LogP contribution in [0.25, 0.3) is 0 Å². The summed E-state index contributed by atoms with van der Waals surface area (Å²) in [5.41, 5.74) is 7.18. The molecule has 24 heavy (non-hydrogen) atoms. The van der Waals surface area contributed by atoms with Crippen LogP contribution in [0.3, 0.4) is 0 Å². The van der Waals surface area contributed by atoms with E-state index in [2.05, 4.69) is 21.2 Å². The first-order valence-electron chi connectivity index (χ1n) is 7.38. The lowest BCUT2D eigenvalue weighted by molar-refractivity contribution is -0.111. The van der Waals surface area contributed by atoms with Crippen LogP contribution in [0.5, 0.6) is 5.75 Å². The third-order valence-corrected chi connectivity index (χ3v) is 4.07. The second-order valence-electron chi connectivity index (χ2n) is 5.44. The summed E-state index contributed by atoms with van der Waals surface area (Å²) in [7, 11) is 0. The summed E-state index contributed by atoms with van der Waals surface area (Å²) < 4.78 is 0.753. The standard InChI is InChI=1S/C18H19BrN2O3/c1-11(18(24)13-10-12(19)7-8-16(13)22)6-9-17(23)21-15-5-3-2-4-14(15)20/h2-11,18,22,24H,20H2,1H3,(H,21,23)/b9-6+/t11-,18+/m0/s1. The quantitative estimate of drug-likeness (QED) is 0.463. The highest BCUT2D eigenvalue weighted by atomic mass is 79.9. The van der Waals surface area contributed by atoms with Gasteiger partial charge in [-0.05, 0) is 36.4 Å². The fraction of sp³-hybridized carbons (Fsp3) is 0.167. The number of benzene rings is 2. The zero-order chi connectivity index (χ0) is 17.7. The van der Waals surface area contributed by atoms with Crippen LogP contribution in [0, 0.1) is 5.92 Å². The van der Waals surface area contributed by atoms with E-state index in [1.165, 1.54) is 12.1 Å². The third kappa shape index (κ3) is 4.59. The molecule has 0 aromatic heterocycles. The molecule has 126 valence electrons. The summed E-state index contributed by atoms with van der Waals surface area (Å²) in [6.07, 6.45) is 1.99. The molecule has 0 aliphatic rings. The summed E-state index contributed by atoms with van der Waals surface area (Å²) in [6, 6.07) is 11.8. The molecule has 0 fully saturated rings. The Morgan fingerprint density at radius 1 is 1.29 bits per heavy atom. The molecule has 5 N–H and O–H groups in total. The number of para-hydroxylation sites is 2. The van der Waals surface area contributed by atoms with Crippen molar-refractivity contribution in [1.82, 2.24) is 0 Å². The molecule has 2 rings (SSSR count). The highest BCUT2D eigenvalue weighted by Gasteiger charge is 2.18. The van der Waals surface area contributed by atoms with Crippen LogP contribution in [-0.2, 0) is 4.79 Å². The van der Waals surface area contributed by atoms with Gasteiger partial charge < -0.3 is 21.3 Å². The lowest BCUT2D eigenvalue weighted by Crippen LogP contribution is -2.12. The van der Waals surface area contributed by atoms with Gasteiger partial charge >= 0.3 is 0 Å². The van der Waals surface area contributed by atoms with E-state index in [0.29, 0.717) is 16.9 Å². The number of aromatic hydroxyl groups is 1. The molecular formula is C18H19BrN2O3. The van der Waals surface area contributed by atoms with Gasteiger partial charge in [0.15, 0.2) is 0 Å². The zero-order valence-electron chi connectivity index (χ0n) is 13.1. The average Bonchev–Trinajstić information content (AvgIpc) is 2.56. The van der Waals surface area contributed by atoms with Crippen molar-refractivity contribution >= 4 is 33.2 Å². The Bertz CT molecular complexity index is 762. The van der Waals surface area contributed by atoms with Crippen LogP contribution in [0.4, 0.5) is 11.4 Å². The second kappa shape index (κ2) is 7.99. The number of carbonyl (C=O) groups excluding carboxylic acids is 1. The summed E-state index contributed by atoms with van der Waals surface area (Å²) in [6.45, 7) is 1.76. The minimum atomic E-state index is -0.937. The molecule has 6 heteroatoms. The maximum atomic E-state index is 12.0. The van der Waals surface area contributed by atoms with Crippen LogP contribution in [0.15, 0.2) is 59.1 Å². The normalized spacial score (nSPS) is 13.6. The van der Waals surface area contributed by atoms with Crippen LogP contribution in [0.1, 0.15) is 18.6 Å². The smallest absolute Gasteiger partial charge is 0.248 e. The Morgan fingerprint density at radius 2 is 2.00 bits per heavy atom. The lowest BCUT2D eigenvalue weighted by atomic mass is 9.96. The van der Waals surface area contributed by atoms with E-state index in [1.54, 1.807) is 49.4 Å². The predicted octanol–water partition coefficient (Wildman–Crippen LogP) is 3.60. The summed E-state index contributed by atoms with van der Waals surface area (Å²) in [4.78, 5) is 12.0. The van der Waals surface area contributed by atoms with Crippen LogP contribution < -0.4 is 11.1 Å². The number of nitrogens with two attached hydrogens (primary N) is 1. The van der Waals surface area contributed by atoms with Gasteiger partial charge in [-0.2, -0.15) is 0 Å². The topological polar surface area (TPSA) is 95.6 Å². The molecule has 0 unspecified atom stereocenters. The number of amides is 1. The first-order chi connectivity index (χ1) is 11.4. The Morgan fingerprint density at radius 3 is 2.71 bits per heavy atom. The highest BCUT2D eigenvalue weighted by Crippen LogP contribution is 2.32. The summed E-state index contributed by atoms with van der Waals surface area (Å²) >= 11 is 3.30. The third-order valence-electron chi connectivity index (χ3n) is 3.58. The number of anilines is 2. The highest BCUT2D eigenvalue weighted by molar-refractivity contribution is 9.10. The van der Waals surface area contributed by atoms with E-state index in [1.807, 2.05) is 0 Å². The SMILES string of the molecule is C[C@@H](/C=C/C(=O)Nc1ccccc1N)[C@@H](O)c1cc(Br)ccc1O. The van der Waals surface area contributed by atoms with E-state index in [-0.39, 0.29) is 17.6 Å². The number of phenols is 1. The second-order valence-corrected chi connectivity index (χ2v) is 6.36. The molecule has 0 saturated heterocycles. The van der Waals surface area contributed by atoms with Crippen LogP contribution in [-0.4, -0.2) is 16.1 Å². The molecule has 2 atom stereocenters. The van der Waals surface area contributed by atoms with Crippen molar-refractivity contribution in [2.75, 3.05) is 11.1 Å². The Hall–Kier alpha value is -2.31. The number of aliphatic hydroxyl groups excluding tert-OH is 1. The van der Waals surface area contributed by atoms with E-state index in [4.69, 9.17) is 5.73 Å². The molecule has 0 bridgehead atoms. The Kier molecular flexibility index (Phi) is 6.00. The molecule has 5 nitrogen and oxygen atoms in total.